The third-order valence-corrected chi connectivity index (χ3v) is 4.85. The molecular formula is C14H16BrNO. The molecule has 0 aromatic heterocycles. The average molecular weight is 294 g/mol. The van der Waals surface area contributed by atoms with E-state index >= 15 is 0 Å². The summed E-state index contributed by atoms with van der Waals surface area (Å²) >= 11 is 3.54. The number of carbonyl (C=O) groups excluding carboxylic acids is 1. The number of piperidine rings is 1. The van der Waals surface area contributed by atoms with Gasteiger partial charge in [-0.15, -0.1) is 0 Å². The van der Waals surface area contributed by atoms with Gasteiger partial charge >= 0.3 is 0 Å². The molecule has 0 bridgehead atoms. The van der Waals surface area contributed by atoms with Gasteiger partial charge < -0.3 is 5.32 Å². The van der Waals surface area contributed by atoms with Crippen molar-refractivity contribution in [3.05, 3.63) is 33.8 Å². The standard InChI is InChI=1S/C14H16BrNO/c1-14-7-6-13(17)16-12(14)5-2-9-8-10(15)3-4-11(9)14/h3-4,8,12H,2,5-7H2,1H3,(H,16,17)/t12?,14-/m1/s1. The van der Waals surface area contributed by atoms with Crippen LogP contribution in [0.5, 0.6) is 0 Å². The van der Waals surface area contributed by atoms with Crippen molar-refractivity contribution in [2.24, 2.45) is 0 Å². The van der Waals surface area contributed by atoms with Crippen LogP contribution in [0.1, 0.15) is 37.3 Å². The highest BCUT2D eigenvalue weighted by Crippen LogP contribution is 2.43. The van der Waals surface area contributed by atoms with Crippen molar-refractivity contribution in [3.8, 4) is 0 Å². The Hall–Kier alpha value is -0.830. The molecule has 1 amide bonds. The molecule has 1 unspecified atom stereocenters. The Balaban J connectivity index is 2.07. The van der Waals surface area contributed by atoms with E-state index in [4.69, 9.17) is 0 Å². The lowest BCUT2D eigenvalue weighted by Crippen LogP contribution is -2.55. The van der Waals surface area contributed by atoms with Crippen molar-refractivity contribution in [1.82, 2.24) is 5.32 Å². The second-order valence-electron chi connectivity index (χ2n) is 5.38. The molecule has 1 fully saturated rings. The number of halogens is 1. The largest absolute Gasteiger partial charge is 0.352 e. The smallest absolute Gasteiger partial charge is 0.220 e. The quantitative estimate of drug-likeness (QED) is 0.783. The number of hydrogen-bond acceptors (Lipinski definition) is 1. The molecule has 90 valence electrons. The Bertz CT molecular complexity index is 485. The van der Waals surface area contributed by atoms with E-state index in [9.17, 15) is 4.79 Å². The number of nitrogens with one attached hydrogen (secondary N) is 1. The monoisotopic (exact) mass is 293 g/mol. The predicted molar refractivity (Wildman–Crippen MR) is 71.0 cm³/mol. The van der Waals surface area contributed by atoms with E-state index in [2.05, 4.69) is 46.4 Å². The van der Waals surface area contributed by atoms with E-state index < -0.39 is 0 Å². The molecule has 1 aliphatic carbocycles. The molecule has 3 heteroatoms. The summed E-state index contributed by atoms with van der Waals surface area (Å²) < 4.78 is 1.15. The van der Waals surface area contributed by atoms with Crippen LogP contribution in [0.2, 0.25) is 0 Å². The van der Waals surface area contributed by atoms with Gasteiger partial charge in [0.05, 0.1) is 0 Å². The lowest BCUT2D eigenvalue weighted by atomic mass is 9.64. The molecule has 2 atom stereocenters. The first kappa shape index (κ1) is 11.3. The molecule has 1 saturated heterocycles. The minimum Gasteiger partial charge on any atom is -0.352 e. The third-order valence-electron chi connectivity index (χ3n) is 4.36. The van der Waals surface area contributed by atoms with E-state index in [0.717, 1.165) is 23.7 Å². The second kappa shape index (κ2) is 3.84. The van der Waals surface area contributed by atoms with Gasteiger partial charge in [0.1, 0.15) is 0 Å². The van der Waals surface area contributed by atoms with Crippen molar-refractivity contribution >= 4 is 21.8 Å². The minimum atomic E-state index is 0.127. The molecule has 1 N–H and O–H groups in total. The van der Waals surface area contributed by atoms with Crippen LogP contribution in [0.4, 0.5) is 0 Å². The lowest BCUT2D eigenvalue weighted by molar-refractivity contribution is -0.125. The highest BCUT2D eigenvalue weighted by atomic mass is 79.9. The van der Waals surface area contributed by atoms with Crippen molar-refractivity contribution in [3.63, 3.8) is 0 Å². The first-order chi connectivity index (χ1) is 8.09. The van der Waals surface area contributed by atoms with Gasteiger partial charge in [-0.3, -0.25) is 4.79 Å². The molecule has 17 heavy (non-hydrogen) atoms. The Labute approximate surface area is 110 Å². The fourth-order valence-corrected chi connectivity index (χ4v) is 3.72. The molecule has 0 radical (unpaired) electrons. The number of fused-ring (bicyclic) bond motifs is 3. The lowest BCUT2D eigenvalue weighted by Gasteiger charge is -2.46. The molecule has 1 aromatic rings. The van der Waals surface area contributed by atoms with E-state index in [1.54, 1.807) is 0 Å². The number of rotatable bonds is 0. The van der Waals surface area contributed by atoms with Crippen LogP contribution in [0.15, 0.2) is 22.7 Å². The maximum absolute atomic E-state index is 11.5. The van der Waals surface area contributed by atoms with Crippen LogP contribution < -0.4 is 5.32 Å². The van der Waals surface area contributed by atoms with Crippen molar-refractivity contribution in [2.45, 2.75) is 44.1 Å². The highest BCUT2D eigenvalue weighted by Gasteiger charge is 2.43. The van der Waals surface area contributed by atoms with Crippen LogP contribution in [-0.4, -0.2) is 11.9 Å². The van der Waals surface area contributed by atoms with Gasteiger partial charge in [-0.1, -0.05) is 28.9 Å². The molecule has 3 rings (SSSR count). The van der Waals surface area contributed by atoms with Gasteiger partial charge in [0.25, 0.3) is 0 Å². The zero-order valence-corrected chi connectivity index (χ0v) is 11.5. The summed E-state index contributed by atoms with van der Waals surface area (Å²) in [6.07, 6.45) is 3.75. The van der Waals surface area contributed by atoms with Crippen molar-refractivity contribution in [1.29, 1.82) is 0 Å². The Morgan fingerprint density at radius 1 is 1.41 bits per heavy atom. The summed E-state index contributed by atoms with van der Waals surface area (Å²) in [7, 11) is 0. The average Bonchev–Trinajstić information content (AvgIpc) is 2.30. The molecule has 1 aliphatic heterocycles. The number of amides is 1. The maximum atomic E-state index is 11.5. The molecule has 1 heterocycles. The normalized spacial score (nSPS) is 31.4. The zero-order chi connectivity index (χ0) is 12.0. The summed E-state index contributed by atoms with van der Waals surface area (Å²) in [6.45, 7) is 2.29. The summed E-state index contributed by atoms with van der Waals surface area (Å²) in [5, 5.41) is 3.16. The molecule has 0 spiro atoms. The van der Waals surface area contributed by atoms with Crippen LogP contribution in [-0.2, 0) is 16.6 Å². The van der Waals surface area contributed by atoms with Crippen molar-refractivity contribution < 1.29 is 4.79 Å². The predicted octanol–water partition coefficient (Wildman–Crippen LogP) is 2.93. The molecular weight excluding hydrogens is 278 g/mol. The van der Waals surface area contributed by atoms with Crippen LogP contribution in [0.3, 0.4) is 0 Å². The third kappa shape index (κ3) is 1.71. The topological polar surface area (TPSA) is 29.1 Å². The van der Waals surface area contributed by atoms with E-state index in [1.807, 2.05) is 0 Å². The van der Waals surface area contributed by atoms with Gasteiger partial charge in [0, 0.05) is 22.4 Å². The minimum absolute atomic E-state index is 0.127. The first-order valence-electron chi connectivity index (χ1n) is 6.18. The number of carbonyl (C=O) groups is 1. The first-order valence-corrected chi connectivity index (χ1v) is 6.97. The van der Waals surface area contributed by atoms with E-state index in [0.29, 0.717) is 12.5 Å². The van der Waals surface area contributed by atoms with Gasteiger partial charge in [0.15, 0.2) is 0 Å². The SMILES string of the molecule is C[C@]12CCC(=O)NC1CCc1cc(Br)ccc12. The van der Waals surface area contributed by atoms with E-state index in [1.165, 1.54) is 11.1 Å². The van der Waals surface area contributed by atoms with Crippen LogP contribution >= 0.6 is 15.9 Å². The summed E-state index contributed by atoms with van der Waals surface area (Å²) in [6, 6.07) is 6.89. The van der Waals surface area contributed by atoms with Crippen LogP contribution in [0, 0.1) is 0 Å². The maximum Gasteiger partial charge on any atom is 0.220 e. The molecule has 2 aliphatic rings. The summed E-state index contributed by atoms with van der Waals surface area (Å²) in [5.41, 5.74) is 2.99. The molecule has 1 aromatic carbocycles. The molecule has 0 saturated carbocycles. The van der Waals surface area contributed by atoms with Gasteiger partial charge in [-0.05, 0) is 42.5 Å². The van der Waals surface area contributed by atoms with Crippen LogP contribution in [0.25, 0.3) is 0 Å². The molecule has 2 nitrogen and oxygen atoms in total. The fourth-order valence-electron chi connectivity index (χ4n) is 3.31. The second-order valence-corrected chi connectivity index (χ2v) is 6.29. The highest BCUT2D eigenvalue weighted by molar-refractivity contribution is 9.10. The van der Waals surface area contributed by atoms with Gasteiger partial charge in [-0.2, -0.15) is 0 Å². The van der Waals surface area contributed by atoms with E-state index in [-0.39, 0.29) is 11.3 Å². The number of benzene rings is 1. The number of hydrogen-bond donors (Lipinski definition) is 1. The number of aryl methyl sites for hydroxylation is 1. The Kier molecular flexibility index (Phi) is 2.54. The summed E-state index contributed by atoms with van der Waals surface area (Å²) in [5.74, 6) is 0.216. The van der Waals surface area contributed by atoms with Crippen molar-refractivity contribution in [2.75, 3.05) is 0 Å². The Morgan fingerprint density at radius 2 is 2.24 bits per heavy atom. The Morgan fingerprint density at radius 3 is 3.06 bits per heavy atom. The van der Waals surface area contributed by atoms with Gasteiger partial charge in [0.2, 0.25) is 5.91 Å². The fraction of sp³-hybridized carbons (Fsp3) is 0.500. The van der Waals surface area contributed by atoms with Gasteiger partial charge in [-0.25, -0.2) is 0 Å². The summed E-state index contributed by atoms with van der Waals surface area (Å²) in [4.78, 5) is 11.5. The zero-order valence-electron chi connectivity index (χ0n) is 9.92.